The second-order valence-corrected chi connectivity index (χ2v) is 5.63. The van der Waals surface area contributed by atoms with Gasteiger partial charge in [-0.25, -0.2) is 0 Å². The van der Waals surface area contributed by atoms with Gasteiger partial charge >= 0.3 is 0 Å². The molecule has 0 aliphatic rings. The van der Waals surface area contributed by atoms with Gasteiger partial charge in [0, 0.05) is 24.8 Å². The van der Waals surface area contributed by atoms with Crippen LogP contribution in [0.15, 0.2) is 36.4 Å². The fourth-order valence-corrected chi connectivity index (χ4v) is 2.24. The maximum absolute atomic E-state index is 9.34. The number of hydrogen-bond donors (Lipinski definition) is 2. The molecule has 0 heterocycles. The van der Waals surface area contributed by atoms with Crippen molar-refractivity contribution < 1.29 is 5.11 Å². The van der Waals surface area contributed by atoms with Crippen LogP contribution >= 0.6 is 0 Å². The molecule has 102 valence electrons. The van der Waals surface area contributed by atoms with E-state index in [1.165, 1.54) is 16.3 Å². The van der Waals surface area contributed by atoms with Gasteiger partial charge in [0.05, 0.1) is 0 Å². The van der Waals surface area contributed by atoms with Crippen molar-refractivity contribution in [1.82, 2.24) is 0 Å². The number of nitrogens with one attached hydrogen (secondary N) is 1. The molecule has 1 atom stereocenters. The molecule has 0 spiro atoms. The molecule has 0 fully saturated rings. The van der Waals surface area contributed by atoms with Gasteiger partial charge in [-0.2, -0.15) is 0 Å². The summed E-state index contributed by atoms with van der Waals surface area (Å²) in [4.78, 5) is 0. The average molecular weight is 257 g/mol. The lowest BCUT2D eigenvalue weighted by Crippen LogP contribution is -2.22. The maximum atomic E-state index is 9.34. The Kier molecular flexibility index (Phi) is 4.43. The summed E-state index contributed by atoms with van der Waals surface area (Å²) in [5.74, 6) is 0.786. The Balaban J connectivity index is 2.11. The van der Waals surface area contributed by atoms with Gasteiger partial charge in [0.25, 0.3) is 0 Å². The van der Waals surface area contributed by atoms with E-state index in [0.29, 0.717) is 11.8 Å². The number of aliphatic hydroxyl groups is 1. The molecular formula is C17H23NO. The highest BCUT2D eigenvalue weighted by Gasteiger charge is 2.11. The highest BCUT2D eigenvalue weighted by molar-refractivity contribution is 5.86. The Labute approximate surface area is 115 Å². The second-order valence-electron chi connectivity index (χ2n) is 5.63. The molecule has 19 heavy (non-hydrogen) atoms. The standard InChI is InChI=1S/C17H23NO/c1-12(2)16(11-19)10-18-17-7-6-14-8-13(3)4-5-15(14)9-17/h4-9,12,16,18-19H,10-11H2,1-3H3. The Morgan fingerprint density at radius 2 is 1.74 bits per heavy atom. The summed E-state index contributed by atoms with van der Waals surface area (Å²) in [6, 6.07) is 12.9. The topological polar surface area (TPSA) is 32.3 Å². The predicted octanol–water partition coefficient (Wildman–Crippen LogP) is 3.82. The van der Waals surface area contributed by atoms with Crippen LogP contribution in [0, 0.1) is 18.8 Å². The molecule has 0 radical (unpaired) electrons. The number of hydrogen-bond acceptors (Lipinski definition) is 2. The van der Waals surface area contributed by atoms with E-state index >= 15 is 0 Å². The Morgan fingerprint density at radius 1 is 1.05 bits per heavy atom. The molecule has 0 saturated carbocycles. The quantitative estimate of drug-likeness (QED) is 0.853. The SMILES string of the molecule is Cc1ccc2cc(NCC(CO)C(C)C)ccc2c1. The van der Waals surface area contributed by atoms with E-state index in [9.17, 15) is 5.11 Å². The lowest BCUT2D eigenvalue weighted by atomic mass is 9.97. The minimum absolute atomic E-state index is 0.234. The molecular weight excluding hydrogens is 234 g/mol. The van der Waals surface area contributed by atoms with E-state index < -0.39 is 0 Å². The highest BCUT2D eigenvalue weighted by Crippen LogP contribution is 2.21. The van der Waals surface area contributed by atoms with Crippen molar-refractivity contribution in [2.75, 3.05) is 18.5 Å². The average Bonchev–Trinajstić information content (AvgIpc) is 2.39. The van der Waals surface area contributed by atoms with Crippen LogP contribution in [0.5, 0.6) is 0 Å². The second kappa shape index (κ2) is 6.07. The van der Waals surface area contributed by atoms with Crippen molar-refractivity contribution in [3.63, 3.8) is 0 Å². The molecule has 2 rings (SSSR count). The van der Waals surface area contributed by atoms with Gasteiger partial charge in [-0.15, -0.1) is 0 Å². The van der Waals surface area contributed by atoms with Gasteiger partial charge in [0.2, 0.25) is 0 Å². The maximum Gasteiger partial charge on any atom is 0.0478 e. The minimum atomic E-state index is 0.234. The summed E-state index contributed by atoms with van der Waals surface area (Å²) < 4.78 is 0. The predicted molar refractivity (Wildman–Crippen MR) is 82.6 cm³/mol. The van der Waals surface area contributed by atoms with Gasteiger partial charge < -0.3 is 10.4 Å². The normalized spacial score (nSPS) is 12.9. The Bertz CT molecular complexity index is 548. The van der Waals surface area contributed by atoms with Crippen LogP contribution in [-0.2, 0) is 0 Å². The van der Waals surface area contributed by atoms with Crippen LogP contribution in [0.4, 0.5) is 5.69 Å². The lowest BCUT2D eigenvalue weighted by molar-refractivity contribution is 0.198. The Hall–Kier alpha value is -1.54. The number of aliphatic hydroxyl groups excluding tert-OH is 1. The van der Waals surface area contributed by atoms with Crippen LogP contribution in [0.1, 0.15) is 19.4 Å². The minimum Gasteiger partial charge on any atom is -0.396 e. The Morgan fingerprint density at radius 3 is 2.42 bits per heavy atom. The number of fused-ring (bicyclic) bond motifs is 1. The fourth-order valence-electron chi connectivity index (χ4n) is 2.24. The molecule has 1 unspecified atom stereocenters. The van der Waals surface area contributed by atoms with Crippen molar-refractivity contribution in [3.8, 4) is 0 Å². The third-order valence-corrected chi connectivity index (χ3v) is 3.74. The van der Waals surface area contributed by atoms with E-state index in [2.05, 4.69) is 62.5 Å². The van der Waals surface area contributed by atoms with E-state index in [4.69, 9.17) is 0 Å². The van der Waals surface area contributed by atoms with Crippen molar-refractivity contribution in [2.45, 2.75) is 20.8 Å². The molecule has 0 saturated heterocycles. The lowest BCUT2D eigenvalue weighted by Gasteiger charge is -2.19. The largest absolute Gasteiger partial charge is 0.396 e. The van der Waals surface area contributed by atoms with Crippen LogP contribution in [0.2, 0.25) is 0 Å². The monoisotopic (exact) mass is 257 g/mol. The summed E-state index contributed by atoms with van der Waals surface area (Å²) in [6.45, 7) is 7.44. The molecule has 0 aliphatic carbocycles. The third-order valence-electron chi connectivity index (χ3n) is 3.74. The first kappa shape index (κ1) is 13.9. The molecule has 0 aromatic heterocycles. The number of rotatable bonds is 5. The third kappa shape index (κ3) is 3.48. The van der Waals surface area contributed by atoms with Gasteiger partial charge in [-0.1, -0.05) is 43.7 Å². The molecule has 2 N–H and O–H groups in total. The first-order chi connectivity index (χ1) is 9.10. The summed E-state index contributed by atoms with van der Waals surface area (Å²) in [6.07, 6.45) is 0. The van der Waals surface area contributed by atoms with Crippen LogP contribution in [-0.4, -0.2) is 18.3 Å². The van der Waals surface area contributed by atoms with Gasteiger partial charge in [-0.05, 0) is 35.7 Å². The summed E-state index contributed by atoms with van der Waals surface area (Å²) >= 11 is 0. The molecule has 0 aliphatic heterocycles. The number of anilines is 1. The van der Waals surface area contributed by atoms with Crippen molar-refractivity contribution in [2.24, 2.45) is 11.8 Å². The van der Waals surface area contributed by atoms with Gasteiger partial charge in [0.1, 0.15) is 0 Å². The summed E-state index contributed by atoms with van der Waals surface area (Å²) in [5.41, 5.74) is 2.41. The highest BCUT2D eigenvalue weighted by atomic mass is 16.3. The molecule has 0 bridgehead atoms. The molecule has 2 aromatic carbocycles. The van der Waals surface area contributed by atoms with E-state index in [1.54, 1.807) is 0 Å². The summed E-state index contributed by atoms with van der Waals surface area (Å²) in [7, 11) is 0. The number of aryl methyl sites for hydroxylation is 1. The zero-order valence-electron chi connectivity index (χ0n) is 12.0. The number of benzene rings is 2. The van der Waals surface area contributed by atoms with Crippen molar-refractivity contribution in [1.29, 1.82) is 0 Å². The van der Waals surface area contributed by atoms with Crippen LogP contribution in [0.25, 0.3) is 10.8 Å². The first-order valence-electron chi connectivity index (χ1n) is 6.95. The zero-order chi connectivity index (χ0) is 13.8. The zero-order valence-corrected chi connectivity index (χ0v) is 12.0. The van der Waals surface area contributed by atoms with Crippen molar-refractivity contribution >= 4 is 16.5 Å². The molecule has 0 amide bonds. The molecule has 2 heteroatoms. The smallest absolute Gasteiger partial charge is 0.0478 e. The summed E-state index contributed by atoms with van der Waals surface area (Å²) in [5, 5.41) is 15.3. The van der Waals surface area contributed by atoms with E-state index in [0.717, 1.165) is 12.2 Å². The first-order valence-corrected chi connectivity index (χ1v) is 6.95. The van der Waals surface area contributed by atoms with Gasteiger partial charge in [0.15, 0.2) is 0 Å². The van der Waals surface area contributed by atoms with Crippen LogP contribution in [0.3, 0.4) is 0 Å². The molecule has 2 aromatic rings. The van der Waals surface area contributed by atoms with E-state index in [-0.39, 0.29) is 6.61 Å². The van der Waals surface area contributed by atoms with E-state index in [1.807, 2.05) is 0 Å². The molecule has 2 nitrogen and oxygen atoms in total. The fraction of sp³-hybridized carbons (Fsp3) is 0.412. The van der Waals surface area contributed by atoms with Gasteiger partial charge in [-0.3, -0.25) is 0 Å². The van der Waals surface area contributed by atoms with Crippen LogP contribution < -0.4 is 5.32 Å². The van der Waals surface area contributed by atoms with Crippen molar-refractivity contribution in [3.05, 3.63) is 42.0 Å².